The Hall–Kier alpha value is -1.59. The van der Waals surface area contributed by atoms with Crippen LogP contribution in [0.2, 0.25) is 0 Å². The van der Waals surface area contributed by atoms with E-state index in [9.17, 15) is 9.90 Å². The second-order valence-corrected chi connectivity index (χ2v) is 8.22. The molecule has 4 aliphatic rings. The number of aliphatic hydroxyl groups is 1. The molecule has 5 rings (SSSR count). The lowest BCUT2D eigenvalue weighted by atomic mass is 9.55. The molecule has 1 aromatic rings. The molecule has 2 aliphatic carbocycles. The van der Waals surface area contributed by atoms with Crippen LogP contribution in [0.15, 0.2) is 18.2 Å². The summed E-state index contributed by atoms with van der Waals surface area (Å²) in [6.07, 6.45) is 3.81. The molecule has 0 aromatic heterocycles. The number of piperidine rings is 1. The zero-order valence-electron chi connectivity index (χ0n) is 14.6. The Morgan fingerprint density at radius 2 is 2.24 bits per heavy atom. The summed E-state index contributed by atoms with van der Waals surface area (Å²) in [5.74, 6) is 1.30. The quantitative estimate of drug-likeness (QED) is 0.849. The Morgan fingerprint density at radius 3 is 3.00 bits per heavy atom. The van der Waals surface area contributed by atoms with Gasteiger partial charge in [0.1, 0.15) is 5.75 Å². The van der Waals surface area contributed by atoms with Gasteiger partial charge in [0.15, 0.2) is 0 Å². The van der Waals surface area contributed by atoms with Crippen molar-refractivity contribution in [3.63, 3.8) is 0 Å². The summed E-state index contributed by atoms with van der Waals surface area (Å²) in [4.78, 5) is 14.8. The summed E-state index contributed by atoms with van der Waals surface area (Å²) >= 11 is 0. The maximum atomic E-state index is 12.2. The third kappa shape index (κ3) is 2.32. The van der Waals surface area contributed by atoms with Crippen molar-refractivity contribution in [1.29, 1.82) is 0 Å². The molecule has 5 heteroatoms. The second kappa shape index (κ2) is 5.45. The predicted molar refractivity (Wildman–Crippen MR) is 91.3 cm³/mol. The molecule has 4 atom stereocenters. The van der Waals surface area contributed by atoms with Crippen molar-refractivity contribution in [2.24, 2.45) is 11.8 Å². The number of carbonyl (C=O) groups excluding carboxylic acids is 1. The standard InChI is InChI=1S/C20H25NO4/c1-24-14-5-4-13-8-16-18-19(23)25-17(22)10-20(18,15(13)9-14)6-7-21(16)11-12-2-3-12/h4-5,9,12,16,18-19,23H,2-3,6-8,10-11H2,1H3/t16-,18-,19?,20?/m1/s1. The summed E-state index contributed by atoms with van der Waals surface area (Å²) in [6, 6.07) is 6.49. The number of cyclic esters (lactones) is 1. The number of methoxy groups -OCH3 is 1. The molecule has 25 heavy (non-hydrogen) atoms. The molecule has 0 radical (unpaired) electrons. The van der Waals surface area contributed by atoms with E-state index in [1.807, 2.05) is 6.07 Å². The van der Waals surface area contributed by atoms with Crippen molar-refractivity contribution in [3.8, 4) is 5.75 Å². The van der Waals surface area contributed by atoms with Crippen molar-refractivity contribution >= 4 is 5.97 Å². The van der Waals surface area contributed by atoms with Gasteiger partial charge in [-0.3, -0.25) is 9.69 Å². The molecule has 1 N–H and O–H groups in total. The summed E-state index contributed by atoms with van der Waals surface area (Å²) < 4.78 is 10.7. The maximum Gasteiger partial charge on any atom is 0.309 e. The lowest BCUT2D eigenvalue weighted by molar-refractivity contribution is -0.219. The van der Waals surface area contributed by atoms with Crippen LogP contribution in [0.25, 0.3) is 0 Å². The molecule has 1 saturated carbocycles. The fraction of sp³-hybridized carbons (Fsp3) is 0.650. The number of hydrogen-bond acceptors (Lipinski definition) is 5. The number of fused-ring (bicyclic) bond motifs is 1. The van der Waals surface area contributed by atoms with Gasteiger partial charge < -0.3 is 14.6 Å². The minimum absolute atomic E-state index is 0.0442. The maximum absolute atomic E-state index is 12.2. The monoisotopic (exact) mass is 343 g/mol. The normalized spacial score (nSPS) is 37.0. The van der Waals surface area contributed by atoms with Crippen LogP contribution < -0.4 is 4.74 Å². The smallest absolute Gasteiger partial charge is 0.309 e. The Morgan fingerprint density at radius 1 is 1.40 bits per heavy atom. The fourth-order valence-corrected chi connectivity index (χ4v) is 5.52. The molecule has 2 unspecified atom stereocenters. The van der Waals surface area contributed by atoms with E-state index in [2.05, 4.69) is 17.0 Å². The molecule has 0 spiro atoms. The zero-order valence-corrected chi connectivity index (χ0v) is 14.6. The van der Waals surface area contributed by atoms with Gasteiger partial charge in [-0.1, -0.05) is 6.07 Å². The third-order valence-corrected chi connectivity index (χ3v) is 6.86. The van der Waals surface area contributed by atoms with Crippen LogP contribution in [0.5, 0.6) is 5.75 Å². The Kier molecular flexibility index (Phi) is 3.41. The molecule has 5 nitrogen and oxygen atoms in total. The lowest BCUT2D eigenvalue weighted by Crippen LogP contribution is -2.66. The first kappa shape index (κ1) is 15.6. The van der Waals surface area contributed by atoms with Crippen molar-refractivity contribution in [2.45, 2.75) is 49.9 Å². The summed E-state index contributed by atoms with van der Waals surface area (Å²) in [5.41, 5.74) is 2.17. The van der Waals surface area contributed by atoms with Crippen molar-refractivity contribution in [3.05, 3.63) is 29.3 Å². The molecule has 3 fully saturated rings. The minimum atomic E-state index is -1.01. The SMILES string of the molecule is COc1ccc2c(c1)C13CCN(CC4CC4)[C@H](C2)[C@@H]1C(O)OC(=O)C3. The van der Waals surface area contributed by atoms with Gasteiger partial charge in [0.2, 0.25) is 6.29 Å². The molecule has 1 aromatic carbocycles. The average molecular weight is 343 g/mol. The molecule has 2 heterocycles. The van der Waals surface area contributed by atoms with E-state index in [1.165, 1.54) is 24.0 Å². The van der Waals surface area contributed by atoms with Crippen LogP contribution in [0.1, 0.15) is 36.8 Å². The van der Waals surface area contributed by atoms with Crippen molar-refractivity contribution in [2.75, 3.05) is 20.2 Å². The van der Waals surface area contributed by atoms with Crippen LogP contribution in [0.3, 0.4) is 0 Å². The first-order valence-electron chi connectivity index (χ1n) is 9.40. The van der Waals surface area contributed by atoms with E-state index in [1.54, 1.807) is 7.11 Å². The number of carbonyl (C=O) groups is 1. The van der Waals surface area contributed by atoms with E-state index >= 15 is 0 Å². The van der Waals surface area contributed by atoms with Gasteiger partial charge >= 0.3 is 5.97 Å². The van der Waals surface area contributed by atoms with Gasteiger partial charge in [0.05, 0.1) is 13.5 Å². The highest BCUT2D eigenvalue weighted by Gasteiger charge is 2.60. The highest BCUT2D eigenvalue weighted by molar-refractivity contribution is 5.74. The van der Waals surface area contributed by atoms with E-state index in [-0.39, 0.29) is 23.3 Å². The van der Waals surface area contributed by atoms with Gasteiger partial charge in [-0.15, -0.1) is 0 Å². The molecule has 134 valence electrons. The van der Waals surface area contributed by atoms with Crippen LogP contribution in [0.4, 0.5) is 0 Å². The van der Waals surface area contributed by atoms with Gasteiger partial charge in [-0.2, -0.15) is 0 Å². The molecule has 2 bridgehead atoms. The molecule has 2 aliphatic heterocycles. The predicted octanol–water partition coefficient (Wildman–Crippen LogP) is 1.85. The first-order valence-corrected chi connectivity index (χ1v) is 9.40. The minimum Gasteiger partial charge on any atom is -0.497 e. The fourth-order valence-electron chi connectivity index (χ4n) is 5.52. The highest BCUT2D eigenvalue weighted by atomic mass is 16.6. The van der Waals surface area contributed by atoms with Crippen molar-refractivity contribution < 1.29 is 19.4 Å². The van der Waals surface area contributed by atoms with Crippen LogP contribution in [0, 0.1) is 11.8 Å². The zero-order chi connectivity index (χ0) is 17.2. The number of aliphatic hydroxyl groups excluding tert-OH is 1. The summed E-state index contributed by atoms with van der Waals surface area (Å²) in [5, 5.41) is 10.7. The van der Waals surface area contributed by atoms with Crippen LogP contribution in [-0.2, 0) is 21.4 Å². The van der Waals surface area contributed by atoms with Gasteiger partial charge in [0, 0.05) is 23.9 Å². The van der Waals surface area contributed by atoms with E-state index in [0.717, 1.165) is 37.6 Å². The van der Waals surface area contributed by atoms with E-state index in [0.29, 0.717) is 6.42 Å². The number of nitrogens with zero attached hydrogens (tertiary/aromatic N) is 1. The topological polar surface area (TPSA) is 59.0 Å². The third-order valence-electron chi connectivity index (χ3n) is 6.86. The molecule has 0 amide bonds. The number of hydrogen-bond donors (Lipinski definition) is 1. The first-order chi connectivity index (χ1) is 12.1. The number of esters is 1. The second-order valence-electron chi connectivity index (χ2n) is 8.22. The molecule has 2 saturated heterocycles. The average Bonchev–Trinajstić information content (AvgIpc) is 3.40. The highest BCUT2D eigenvalue weighted by Crippen LogP contribution is 2.55. The molecular weight excluding hydrogens is 318 g/mol. The number of rotatable bonds is 3. The Bertz CT molecular complexity index is 716. The Balaban J connectivity index is 1.62. The lowest BCUT2D eigenvalue weighted by Gasteiger charge is -2.59. The Labute approximate surface area is 147 Å². The molecular formula is C20H25NO4. The van der Waals surface area contributed by atoms with Crippen molar-refractivity contribution in [1.82, 2.24) is 4.90 Å². The number of likely N-dealkylation sites (tertiary alicyclic amines) is 1. The van der Waals surface area contributed by atoms with Gasteiger partial charge in [0.25, 0.3) is 0 Å². The largest absolute Gasteiger partial charge is 0.497 e. The number of benzene rings is 1. The van der Waals surface area contributed by atoms with Crippen LogP contribution in [-0.4, -0.2) is 48.5 Å². The summed E-state index contributed by atoms with van der Waals surface area (Å²) in [6.45, 7) is 2.11. The van der Waals surface area contributed by atoms with Gasteiger partial charge in [-0.25, -0.2) is 0 Å². The summed E-state index contributed by atoms with van der Waals surface area (Å²) in [7, 11) is 1.67. The van der Waals surface area contributed by atoms with E-state index < -0.39 is 6.29 Å². The van der Waals surface area contributed by atoms with Gasteiger partial charge in [-0.05, 0) is 61.4 Å². The van der Waals surface area contributed by atoms with Crippen LogP contribution >= 0.6 is 0 Å². The number of ether oxygens (including phenoxy) is 2. The van der Waals surface area contributed by atoms with E-state index in [4.69, 9.17) is 9.47 Å².